The topological polar surface area (TPSA) is 55.1 Å². The molecule has 0 saturated carbocycles. The van der Waals surface area contributed by atoms with Gasteiger partial charge in [-0.25, -0.2) is 4.98 Å². The van der Waals surface area contributed by atoms with Crippen LogP contribution in [-0.4, -0.2) is 10.9 Å². The third-order valence-corrected chi connectivity index (χ3v) is 4.96. The number of fused-ring (bicyclic) bond motifs is 1. The van der Waals surface area contributed by atoms with Crippen molar-refractivity contribution in [2.75, 3.05) is 5.32 Å². The van der Waals surface area contributed by atoms with Gasteiger partial charge in [-0.2, -0.15) is 0 Å². The molecule has 4 heteroatoms. The minimum atomic E-state index is -0.162. The largest absolute Gasteiger partial charge is 0.436 e. The molecule has 0 aliphatic heterocycles. The van der Waals surface area contributed by atoms with E-state index in [2.05, 4.69) is 31.1 Å². The zero-order chi connectivity index (χ0) is 20.6. The lowest BCUT2D eigenvalue weighted by atomic mass is 9.87. The van der Waals surface area contributed by atoms with Gasteiger partial charge < -0.3 is 9.73 Å². The SMILES string of the molecule is Cc1ccc2oc(-c3ccccc3NC(=O)c3ccc(C(C)(C)C)cc3)nc2c1. The number of anilines is 1. The van der Waals surface area contributed by atoms with Crippen molar-refractivity contribution < 1.29 is 9.21 Å². The second kappa shape index (κ2) is 7.21. The summed E-state index contributed by atoms with van der Waals surface area (Å²) in [7, 11) is 0. The first-order chi connectivity index (χ1) is 13.8. The molecule has 1 aromatic heterocycles. The zero-order valence-electron chi connectivity index (χ0n) is 17.1. The first-order valence-electron chi connectivity index (χ1n) is 9.70. The Kier molecular flexibility index (Phi) is 4.71. The summed E-state index contributed by atoms with van der Waals surface area (Å²) in [5.41, 5.74) is 5.92. The van der Waals surface area contributed by atoms with E-state index in [4.69, 9.17) is 4.42 Å². The number of carbonyl (C=O) groups is 1. The Bertz CT molecular complexity index is 1180. The van der Waals surface area contributed by atoms with Gasteiger partial charge >= 0.3 is 0 Å². The van der Waals surface area contributed by atoms with Crippen LogP contribution in [0.4, 0.5) is 5.69 Å². The average Bonchev–Trinajstić information content (AvgIpc) is 3.10. The van der Waals surface area contributed by atoms with Crippen LogP contribution in [-0.2, 0) is 5.41 Å². The number of para-hydroxylation sites is 1. The Balaban J connectivity index is 1.63. The van der Waals surface area contributed by atoms with Gasteiger partial charge in [-0.1, -0.05) is 51.1 Å². The fourth-order valence-corrected chi connectivity index (χ4v) is 3.25. The number of nitrogens with zero attached hydrogens (tertiary/aromatic N) is 1. The molecule has 0 saturated heterocycles. The summed E-state index contributed by atoms with van der Waals surface area (Å²) < 4.78 is 5.93. The molecular formula is C25H24N2O2. The highest BCUT2D eigenvalue weighted by molar-refractivity contribution is 6.06. The van der Waals surface area contributed by atoms with E-state index in [9.17, 15) is 4.79 Å². The van der Waals surface area contributed by atoms with Crippen molar-refractivity contribution in [2.45, 2.75) is 33.1 Å². The molecule has 4 rings (SSSR count). The summed E-state index contributed by atoms with van der Waals surface area (Å²) in [6, 6.07) is 21.2. The number of aromatic nitrogens is 1. The number of carbonyl (C=O) groups excluding carboxylic acids is 1. The molecule has 1 N–H and O–H groups in total. The van der Waals surface area contributed by atoms with Crippen LogP contribution in [0.1, 0.15) is 42.3 Å². The van der Waals surface area contributed by atoms with Crippen molar-refractivity contribution in [3.05, 3.63) is 83.4 Å². The van der Waals surface area contributed by atoms with Gasteiger partial charge in [0.1, 0.15) is 5.52 Å². The maximum absolute atomic E-state index is 12.8. The van der Waals surface area contributed by atoms with Crippen molar-refractivity contribution in [1.29, 1.82) is 0 Å². The lowest BCUT2D eigenvalue weighted by Crippen LogP contribution is -2.14. The van der Waals surface area contributed by atoms with Crippen LogP contribution in [0.25, 0.3) is 22.6 Å². The van der Waals surface area contributed by atoms with E-state index >= 15 is 0 Å². The number of rotatable bonds is 3. The van der Waals surface area contributed by atoms with Gasteiger partial charge in [0.2, 0.25) is 5.89 Å². The third kappa shape index (κ3) is 3.92. The minimum absolute atomic E-state index is 0.0485. The van der Waals surface area contributed by atoms with Crippen LogP contribution < -0.4 is 5.32 Å². The Morgan fingerprint density at radius 1 is 0.966 bits per heavy atom. The van der Waals surface area contributed by atoms with E-state index in [1.54, 1.807) is 0 Å². The lowest BCUT2D eigenvalue weighted by Gasteiger charge is -2.19. The molecule has 0 aliphatic carbocycles. The zero-order valence-corrected chi connectivity index (χ0v) is 17.1. The molecule has 0 unspecified atom stereocenters. The maximum atomic E-state index is 12.8. The first kappa shape index (κ1) is 18.9. The van der Waals surface area contributed by atoms with Gasteiger partial charge in [0.15, 0.2) is 5.58 Å². The predicted molar refractivity (Wildman–Crippen MR) is 117 cm³/mol. The Morgan fingerprint density at radius 3 is 2.41 bits per heavy atom. The highest BCUT2D eigenvalue weighted by atomic mass is 16.3. The molecule has 1 amide bonds. The van der Waals surface area contributed by atoms with Gasteiger partial charge in [-0.3, -0.25) is 4.79 Å². The van der Waals surface area contributed by atoms with E-state index in [0.29, 0.717) is 17.1 Å². The molecule has 29 heavy (non-hydrogen) atoms. The van der Waals surface area contributed by atoms with Crippen molar-refractivity contribution in [3.63, 3.8) is 0 Å². The monoisotopic (exact) mass is 384 g/mol. The molecule has 0 aliphatic rings. The standard InChI is InChI=1S/C25H24N2O2/c1-16-9-14-22-21(15-16)27-24(29-22)19-7-5-6-8-20(19)26-23(28)17-10-12-18(13-11-17)25(2,3)4/h5-15H,1-4H3,(H,26,28). The van der Waals surface area contributed by atoms with E-state index in [0.717, 1.165) is 22.2 Å². The van der Waals surface area contributed by atoms with Crippen molar-refractivity contribution >= 4 is 22.7 Å². The van der Waals surface area contributed by atoms with Crippen LogP contribution in [0, 0.1) is 6.92 Å². The Labute approximate surface area is 170 Å². The fourth-order valence-electron chi connectivity index (χ4n) is 3.25. The molecule has 1 heterocycles. The molecular weight excluding hydrogens is 360 g/mol. The number of nitrogens with one attached hydrogen (secondary N) is 1. The van der Waals surface area contributed by atoms with Crippen LogP contribution in [0.5, 0.6) is 0 Å². The smallest absolute Gasteiger partial charge is 0.255 e. The van der Waals surface area contributed by atoms with Crippen LogP contribution in [0.3, 0.4) is 0 Å². The minimum Gasteiger partial charge on any atom is -0.436 e. The second-order valence-corrected chi connectivity index (χ2v) is 8.32. The van der Waals surface area contributed by atoms with Crippen LogP contribution in [0.15, 0.2) is 71.1 Å². The molecule has 4 aromatic rings. The van der Waals surface area contributed by atoms with Gasteiger partial charge in [-0.15, -0.1) is 0 Å². The van der Waals surface area contributed by atoms with E-state index in [1.165, 1.54) is 5.56 Å². The molecule has 4 nitrogen and oxygen atoms in total. The molecule has 146 valence electrons. The lowest BCUT2D eigenvalue weighted by molar-refractivity contribution is 0.102. The molecule has 0 fully saturated rings. The normalized spacial score (nSPS) is 11.6. The van der Waals surface area contributed by atoms with Crippen LogP contribution in [0.2, 0.25) is 0 Å². The van der Waals surface area contributed by atoms with Crippen LogP contribution >= 0.6 is 0 Å². The highest BCUT2D eigenvalue weighted by Gasteiger charge is 2.17. The fraction of sp³-hybridized carbons (Fsp3) is 0.200. The summed E-state index contributed by atoms with van der Waals surface area (Å²) in [6.45, 7) is 8.48. The van der Waals surface area contributed by atoms with E-state index < -0.39 is 0 Å². The third-order valence-electron chi connectivity index (χ3n) is 4.96. The van der Waals surface area contributed by atoms with Gasteiger partial charge in [0, 0.05) is 5.56 Å². The summed E-state index contributed by atoms with van der Waals surface area (Å²) in [4.78, 5) is 17.4. The Hall–Kier alpha value is -3.40. The number of hydrogen-bond donors (Lipinski definition) is 1. The Morgan fingerprint density at radius 2 is 1.69 bits per heavy atom. The number of aryl methyl sites for hydroxylation is 1. The second-order valence-electron chi connectivity index (χ2n) is 8.32. The number of amides is 1. The quantitative estimate of drug-likeness (QED) is 0.447. The predicted octanol–water partition coefficient (Wildman–Crippen LogP) is 6.35. The number of hydrogen-bond acceptors (Lipinski definition) is 3. The van der Waals surface area contributed by atoms with E-state index in [1.807, 2.05) is 73.7 Å². The average molecular weight is 384 g/mol. The maximum Gasteiger partial charge on any atom is 0.255 e. The molecule has 3 aromatic carbocycles. The molecule has 0 atom stereocenters. The molecule has 0 spiro atoms. The summed E-state index contributed by atoms with van der Waals surface area (Å²) in [6.07, 6.45) is 0. The number of oxazole rings is 1. The van der Waals surface area contributed by atoms with Gasteiger partial charge in [-0.05, 0) is 59.9 Å². The van der Waals surface area contributed by atoms with E-state index in [-0.39, 0.29) is 11.3 Å². The van der Waals surface area contributed by atoms with Gasteiger partial charge in [0.05, 0.1) is 11.3 Å². The molecule has 0 radical (unpaired) electrons. The number of benzene rings is 3. The summed E-state index contributed by atoms with van der Waals surface area (Å²) in [5.74, 6) is 0.328. The molecule has 0 bridgehead atoms. The van der Waals surface area contributed by atoms with Gasteiger partial charge in [0.25, 0.3) is 5.91 Å². The highest BCUT2D eigenvalue weighted by Crippen LogP contribution is 2.31. The van der Waals surface area contributed by atoms with Crippen molar-refractivity contribution in [2.24, 2.45) is 0 Å². The summed E-state index contributed by atoms with van der Waals surface area (Å²) >= 11 is 0. The summed E-state index contributed by atoms with van der Waals surface area (Å²) in [5, 5.41) is 3.00. The van der Waals surface area contributed by atoms with Crippen molar-refractivity contribution in [1.82, 2.24) is 4.98 Å². The van der Waals surface area contributed by atoms with Crippen molar-refractivity contribution in [3.8, 4) is 11.5 Å². The first-order valence-corrected chi connectivity index (χ1v) is 9.70.